The van der Waals surface area contributed by atoms with Crippen molar-refractivity contribution < 1.29 is 14.3 Å². The smallest absolute Gasteiger partial charge is 0.343 e. The molecule has 0 amide bonds. The van der Waals surface area contributed by atoms with E-state index < -0.39 is 5.97 Å². The molecule has 0 aliphatic heterocycles. The molecule has 0 aromatic heterocycles. The van der Waals surface area contributed by atoms with Gasteiger partial charge in [-0.1, -0.05) is 24.3 Å². The number of benzene rings is 2. The van der Waals surface area contributed by atoms with Crippen molar-refractivity contribution in [3.63, 3.8) is 0 Å². The van der Waals surface area contributed by atoms with Crippen molar-refractivity contribution >= 4 is 11.8 Å². The lowest BCUT2D eigenvalue weighted by Crippen LogP contribution is -2.12. The Kier molecular flexibility index (Phi) is 3.99. The molecule has 0 spiro atoms. The third kappa shape index (κ3) is 2.77. The highest BCUT2D eigenvalue weighted by Crippen LogP contribution is 2.27. The summed E-state index contributed by atoms with van der Waals surface area (Å²) >= 11 is 0. The lowest BCUT2D eigenvalue weighted by molar-refractivity contribution is 0.0731. The standard InChI is InChI=1S/C17H16O3/c1-11-9-10-15(13(3)18)16(12(11)2)20-17(19)14-7-5-4-6-8-14/h4-10H,1-3H3. The molecular weight excluding hydrogens is 252 g/mol. The van der Waals surface area contributed by atoms with Gasteiger partial charge in [-0.25, -0.2) is 4.79 Å². The van der Waals surface area contributed by atoms with Gasteiger partial charge in [-0.2, -0.15) is 0 Å². The van der Waals surface area contributed by atoms with E-state index in [1.54, 1.807) is 30.3 Å². The molecule has 2 rings (SSSR count). The van der Waals surface area contributed by atoms with Gasteiger partial charge < -0.3 is 4.74 Å². The number of ether oxygens (including phenoxy) is 1. The fourth-order valence-electron chi connectivity index (χ4n) is 1.92. The maximum absolute atomic E-state index is 12.1. The molecule has 0 aliphatic rings. The molecular formula is C17H16O3. The van der Waals surface area contributed by atoms with Crippen molar-refractivity contribution in [1.29, 1.82) is 0 Å². The van der Waals surface area contributed by atoms with Crippen LogP contribution in [0.3, 0.4) is 0 Å². The van der Waals surface area contributed by atoms with Crippen LogP contribution in [-0.4, -0.2) is 11.8 Å². The van der Waals surface area contributed by atoms with Crippen LogP contribution >= 0.6 is 0 Å². The summed E-state index contributed by atoms with van der Waals surface area (Å²) in [4.78, 5) is 23.8. The van der Waals surface area contributed by atoms with Crippen LogP contribution in [0.2, 0.25) is 0 Å². The summed E-state index contributed by atoms with van der Waals surface area (Å²) < 4.78 is 5.44. The second-order valence-electron chi connectivity index (χ2n) is 4.70. The first-order chi connectivity index (χ1) is 9.50. The van der Waals surface area contributed by atoms with E-state index in [1.165, 1.54) is 6.92 Å². The van der Waals surface area contributed by atoms with Crippen molar-refractivity contribution in [2.75, 3.05) is 0 Å². The van der Waals surface area contributed by atoms with E-state index in [9.17, 15) is 9.59 Å². The predicted molar refractivity (Wildman–Crippen MR) is 77.3 cm³/mol. The summed E-state index contributed by atoms with van der Waals surface area (Å²) in [6, 6.07) is 12.3. The molecule has 0 N–H and O–H groups in total. The van der Waals surface area contributed by atoms with Crippen molar-refractivity contribution in [3.8, 4) is 5.75 Å². The minimum absolute atomic E-state index is 0.121. The number of carbonyl (C=O) groups excluding carboxylic acids is 2. The summed E-state index contributed by atoms with van der Waals surface area (Å²) in [5.41, 5.74) is 2.67. The number of Topliss-reactive ketones (excluding diaryl/α,β-unsaturated/α-hetero) is 1. The Bertz CT molecular complexity index is 657. The summed E-state index contributed by atoms with van der Waals surface area (Å²) in [5, 5.41) is 0. The summed E-state index contributed by atoms with van der Waals surface area (Å²) in [6.45, 7) is 5.22. The molecule has 3 nitrogen and oxygen atoms in total. The Morgan fingerprint density at radius 1 is 0.950 bits per heavy atom. The average molecular weight is 268 g/mol. The Morgan fingerprint density at radius 3 is 2.20 bits per heavy atom. The van der Waals surface area contributed by atoms with Crippen LogP contribution in [0.1, 0.15) is 38.8 Å². The Hall–Kier alpha value is -2.42. The van der Waals surface area contributed by atoms with Crippen molar-refractivity contribution in [2.24, 2.45) is 0 Å². The molecule has 3 heteroatoms. The van der Waals surface area contributed by atoms with Crippen molar-refractivity contribution in [2.45, 2.75) is 20.8 Å². The minimum Gasteiger partial charge on any atom is -0.422 e. The Balaban J connectivity index is 2.41. The molecule has 0 heterocycles. The van der Waals surface area contributed by atoms with Crippen LogP contribution in [0.4, 0.5) is 0 Å². The number of hydrogen-bond donors (Lipinski definition) is 0. The zero-order valence-electron chi connectivity index (χ0n) is 11.8. The number of carbonyl (C=O) groups is 2. The summed E-state index contributed by atoms with van der Waals surface area (Å²) in [7, 11) is 0. The second kappa shape index (κ2) is 5.70. The largest absolute Gasteiger partial charge is 0.422 e. The molecule has 0 atom stereocenters. The quantitative estimate of drug-likeness (QED) is 0.484. The highest BCUT2D eigenvalue weighted by Gasteiger charge is 2.17. The first-order valence-electron chi connectivity index (χ1n) is 6.39. The number of esters is 1. The van der Waals surface area contributed by atoms with E-state index in [0.29, 0.717) is 16.9 Å². The van der Waals surface area contributed by atoms with E-state index in [-0.39, 0.29) is 5.78 Å². The highest BCUT2D eigenvalue weighted by molar-refractivity contribution is 5.99. The number of rotatable bonds is 3. The van der Waals surface area contributed by atoms with E-state index in [0.717, 1.165) is 11.1 Å². The normalized spacial score (nSPS) is 10.2. The highest BCUT2D eigenvalue weighted by atomic mass is 16.5. The van der Waals surface area contributed by atoms with Crippen molar-refractivity contribution in [1.82, 2.24) is 0 Å². The van der Waals surface area contributed by atoms with Gasteiger partial charge in [0.05, 0.1) is 11.1 Å². The van der Waals surface area contributed by atoms with Gasteiger partial charge in [0.1, 0.15) is 5.75 Å². The van der Waals surface area contributed by atoms with E-state index in [2.05, 4.69) is 0 Å². The van der Waals surface area contributed by atoms with E-state index in [1.807, 2.05) is 26.0 Å². The van der Waals surface area contributed by atoms with Crippen LogP contribution in [0.5, 0.6) is 5.75 Å². The minimum atomic E-state index is -0.457. The average Bonchev–Trinajstić information content (AvgIpc) is 2.44. The molecule has 0 aliphatic carbocycles. The topological polar surface area (TPSA) is 43.4 Å². The molecule has 2 aromatic rings. The van der Waals surface area contributed by atoms with Gasteiger partial charge in [0, 0.05) is 0 Å². The van der Waals surface area contributed by atoms with Gasteiger partial charge in [-0.3, -0.25) is 4.79 Å². The van der Waals surface area contributed by atoms with E-state index >= 15 is 0 Å². The molecule has 0 bridgehead atoms. The molecule has 0 saturated carbocycles. The molecule has 2 aromatic carbocycles. The summed E-state index contributed by atoms with van der Waals surface area (Å²) in [6.07, 6.45) is 0. The monoisotopic (exact) mass is 268 g/mol. The van der Waals surface area contributed by atoms with Crippen LogP contribution in [0.15, 0.2) is 42.5 Å². The fraction of sp³-hybridized carbons (Fsp3) is 0.176. The van der Waals surface area contributed by atoms with Gasteiger partial charge >= 0.3 is 5.97 Å². The third-order valence-corrected chi connectivity index (χ3v) is 3.26. The van der Waals surface area contributed by atoms with Crippen molar-refractivity contribution in [3.05, 3.63) is 64.7 Å². The lowest BCUT2D eigenvalue weighted by atomic mass is 10.0. The maximum atomic E-state index is 12.1. The first-order valence-corrected chi connectivity index (χ1v) is 6.39. The third-order valence-electron chi connectivity index (χ3n) is 3.26. The molecule has 0 saturated heterocycles. The summed E-state index contributed by atoms with van der Waals surface area (Å²) in [5.74, 6) is -0.225. The van der Waals surface area contributed by atoms with Gasteiger partial charge in [0.2, 0.25) is 0 Å². The Labute approximate surface area is 118 Å². The number of aryl methyl sites for hydroxylation is 1. The van der Waals surface area contributed by atoms with Crippen LogP contribution in [-0.2, 0) is 0 Å². The second-order valence-corrected chi connectivity index (χ2v) is 4.70. The van der Waals surface area contributed by atoms with Crippen LogP contribution < -0.4 is 4.74 Å². The maximum Gasteiger partial charge on any atom is 0.343 e. The van der Waals surface area contributed by atoms with E-state index in [4.69, 9.17) is 4.74 Å². The first kappa shape index (κ1) is 14.0. The molecule has 0 unspecified atom stereocenters. The van der Waals surface area contributed by atoms with Crippen LogP contribution in [0, 0.1) is 13.8 Å². The lowest BCUT2D eigenvalue weighted by Gasteiger charge is -2.13. The SMILES string of the molecule is CC(=O)c1ccc(C)c(C)c1OC(=O)c1ccccc1. The van der Waals surface area contributed by atoms with Gasteiger partial charge in [-0.15, -0.1) is 0 Å². The molecule has 0 fully saturated rings. The molecule has 20 heavy (non-hydrogen) atoms. The van der Waals surface area contributed by atoms with Gasteiger partial charge in [0.15, 0.2) is 5.78 Å². The van der Waals surface area contributed by atoms with Gasteiger partial charge in [-0.05, 0) is 50.1 Å². The number of hydrogen-bond acceptors (Lipinski definition) is 3. The van der Waals surface area contributed by atoms with Gasteiger partial charge in [0.25, 0.3) is 0 Å². The zero-order valence-corrected chi connectivity index (χ0v) is 11.8. The number of ketones is 1. The molecule has 102 valence electrons. The zero-order chi connectivity index (χ0) is 14.7. The fourth-order valence-corrected chi connectivity index (χ4v) is 1.92. The van der Waals surface area contributed by atoms with Crippen LogP contribution in [0.25, 0.3) is 0 Å². The Morgan fingerprint density at radius 2 is 1.60 bits per heavy atom. The predicted octanol–water partition coefficient (Wildman–Crippen LogP) is 3.73. The molecule has 0 radical (unpaired) electrons.